The topological polar surface area (TPSA) is 72.9 Å². The number of alkyl halides is 3. The molecule has 2 unspecified atom stereocenters. The molecule has 7 nitrogen and oxygen atoms in total. The van der Waals surface area contributed by atoms with E-state index in [-0.39, 0.29) is 17.8 Å². The lowest BCUT2D eigenvalue weighted by Crippen LogP contribution is -2.27. The van der Waals surface area contributed by atoms with Gasteiger partial charge >= 0.3 is 6.18 Å². The number of piperidine rings is 1. The highest BCUT2D eigenvalue weighted by atomic mass is 35.5. The van der Waals surface area contributed by atoms with E-state index >= 15 is 0 Å². The van der Waals surface area contributed by atoms with E-state index in [2.05, 4.69) is 37.2 Å². The fraction of sp³-hybridized carbons (Fsp3) is 0.407. The number of aryl methyl sites for hydroxylation is 1. The Hall–Kier alpha value is -2.89. The quantitative estimate of drug-likeness (QED) is 0.187. The third kappa shape index (κ3) is 5.31. The Morgan fingerprint density at radius 1 is 1.13 bits per heavy atom. The molecule has 206 valence electrons. The van der Waals surface area contributed by atoms with Crippen LogP contribution in [0.25, 0.3) is 22.8 Å². The zero-order valence-corrected chi connectivity index (χ0v) is 23.1. The van der Waals surface area contributed by atoms with Crippen LogP contribution in [0, 0.1) is 12.8 Å². The smallest absolute Gasteiger partial charge is 0.433 e. The molecule has 0 amide bonds. The van der Waals surface area contributed by atoms with Crippen molar-refractivity contribution in [3.05, 3.63) is 65.8 Å². The average molecular weight is 577 g/mol. The lowest BCUT2D eigenvalue weighted by molar-refractivity contribution is -0.141. The summed E-state index contributed by atoms with van der Waals surface area (Å²) in [6.07, 6.45) is -0.823. The minimum Gasteiger partial charge on any atom is -0.440 e. The van der Waals surface area contributed by atoms with Gasteiger partial charge in [-0.1, -0.05) is 42.1 Å². The maximum Gasteiger partial charge on any atom is 0.433 e. The van der Waals surface area contributed by atoms with Gasteiger partial charge in [0.05, 0.1) is 11.4 Å². The van der Waals surface area contributed by atoms with Gasteiger partial charge in [-0.25, -0.2) is 9.97 Å². The molecule has 2 atom stereocenters. The van der Waals surface area contributed by atoms with Crippen LogP contribution >= 0.6 is 24.2 Å². The first-order valence-corrected chi connectivity index (χ1v) is 13.5. The second kappa shape index (κ2) is 10.6. The number of likely N-dealkylation sites (tertiary alicyclic amines) is 1. The van der Waals surface area contributed by atoms with E-state index in [4.69, 9.17) is 4.42 Å². The Balaban J connectivity index is 0.00000308. The number of aromatic nitrogens is 5. The minimum absolute atomic E-state index is 0. The summed E-state index contributed by atoms with van der Waals surface area (Å²) in [7, 11) is 1.94. The Bertz CT molecular complexity index is 1460. The van der Waals surface area contributed by atoms with Crippen molar-refractivity contribution in [3.63, 3.8) is 0 Å². The van der Waals surface area contributed by atoms with Crippen LogP contribution in [0.4, 0.5) is 13.2 Å². The van der Waals surface area contributed by atoms with Crippen molar-refractivity contribution in [3.8, 4) is 22.8 Å². The summed E-state index contributed by atoms with van der Waals surface area (Å²) < 4.78 is 46.5. The standard InChI is InChI=1S/C27H27F3N6OS.ClH/c1-17-23(37-16-31-17)24-33-34-25(35(24)2)38-12-4-11-36-14-20-13-26(20,15-36)19-9-7-18(8-10-19)21-5-3-6-22(32-21)27(28,29)30;/h3,5-10,16,20H,4,11-15H2,1-2H3;1H. The number of thioether (sulfide) groups is 1. The summed E-state index contributed by atoms with van der Waals surface area (Å²) in [5.41, 5.74) is 2.40. The first-order chi connectivity index (χ1) is 18.2. The molecule has 1 saturated carbocycles. The first kappa shape index (κ1) is 27.7. The fourth-order valence-electron chi connectivity index (χ4n) is 5.54. The molecule has 2 aliphatic rings. The van der Waals surface area contributed by atoms with Crippen molar-refractivity contribution >= 4 is 24.2 Å². The van der Waals surface area contributed by atoms with E-state index in [0.717, 1.165) is 48.7 Å². The molecule has 39 heavy (non-hydrogen) atoms. The molecule has 4 aromatic rings. The number of halogens is 4. The molecule has 0 N–H and O–H groups in total. The molecule has 1 aliphatic heterocycles. The van der Waals surface area contributed by atoms with E-state index in [9.17, 15) is 13.2 Å². The van der Waals surface area contributed by atoms with Gasteiger partial charge in [0, 0.05) is 36.9 Å². The molecule has 6 rings (SSSR count). The number of hydrogen-bond donors (Lipinski definition) is 0. The maximum absolute atomic E-state index is 13.0. The van der Waals surface area contributed by atoms with Gasteiger partial charge in [-0.3, -0.25) is 0 Å². The van der Waals surface area contributed by atoms with Gasteiger partial charge in [0.15, 0.2) is 17.3 Å². The molecule has 1 aliphatic carbocycles. The summed E-state index contributed by atoms with van der Waals surface area (Å²) in [6.45, 7) is 5.00. The monoisotopic (exact) mass is 576 g/mol. The third-order valence-electron chi connectivity index (χ3n) is 7.64. The highest BCUT2D eigenvalue weighted by molar-refractivity contribution is 7.99. The summed E-state index contributed by atoms with van der Waals surface area (Å²) in [5.74, 6) is 2.90. The molecule has 0 radical (unpaired) electrons. The van der Waals surface area contributed by atoms with Crippen LogP contribution in [0.3, 0.4) is 0 Å². The molecule has 4 heterocycles. The van der Waals surface area contributed by atoms with Gasteiger partial charge in [0.1, 0.15) is 5.69 Å². The van der Waals surface area contributed by atoms with E-state index in [1.807, 2.05) is 30.7 Å². The molecule has 2 fully saturated rings. The number of fused-ring (bicyclic) bond motifs is 1. The fourth-order valence-corrected chi connectivity index (χ4v) is 6.37. The van der Waals surface area contributed by atoms with E-state index < -0.39 is 11.9 Å². The van der Waals surface area contributed by atoms with Gasteiger partial charge in [-0.2, -0.15) is 13.2 Å². The lowest BCUT2D eigenvalue weighted by Gasteiger charge is -2.21. The average Bonchev–Trinajstić information content (AvgIpc) is 3.18. The molecule has 1 aromatic carbocycles. The largest absolute Gasteiger partial charge is 0.440 e. The van der Waals surface area contributed by atoms with E-state index in [0.29, 0.717) is 28.8 Å². The molecule has 3 aromatic heterocycles. The molecule has 12 heteroatoms. The van der Waals surface area contributed by atoms with Crippen LogP contribution in [0.15, 0.2) is 58.4 Å². The number of benzene rings is 1. The van der Waals surface area contributed by atoms with Crippen molar-refractivity contribution in [1.82, 2.24) is 29.6 Å². The van der Waals surface area contributed by atoms with Crippen molar-refractivity contribution in [2.24, 2.45) is 13.0 Å². The van der Waals surface area contributed by atoms with Crippen molar-refractivity contribution < 1.29 is 17.6 Å². The number of pyridine rings is 1. The highest BCUT2D eigenvalue weighted by Gasteiger charge is 2.60. The predicted octanol–water partition coefficient (Wildman–Crippen LogP) is 6.04. The van der Waals surface area contributed by atoms with Crippen LogP contribution < -0.4 is 0 Å². The number of oxazole rings is 1. The lowest BCUT2D eigenvalue weighted by atomic mass is 9.93. The highest BCUT2D eigenvalue weighted by Crippen LogP contribution is 2.59. The summed E-state index contributed by atoms with van der Waals surface area (Å²) >= 11 is 1.69. The second-order valence-electron chi connectivity index (χ2n) is 10.1. The Labute approximate surface area is 234 Å². The van der Waals surface area contributed by atoms with Crippen LogP contribution in [0.5, 0.6) is 0 Å². The first-order valence-electron chi connectivity index (χ1n) is 12.5. The number of hydrogen-bond acceptors (Lipinski definition) is 7. The Morgan fingerprint density at radius 2 is 1.92 bits per heavy atom. The van der Waals surface area contributed by atoms with Crippen LogP contribution in [-0.4, -0.2) is 55.0 Å². The Morgan fingerprint density at radius 3 is 2.64 bits per heavy atom. The summed E-state index contributed by atoms with van der Waals surface area (Å²) in [5, 5.41) is 9.43. The zero-order chi connectivity index (χ0) is 26.5. The molecular formula is C27H28ClF3N6OS. The van der Waals surface area contributed by atoms with Crippen molar-refractivity contribution in [1.29, 1.82) is 0 Å². The summed E-state index contributed by atoms with van der Waals surface area (Å²) in [4.78, 5) is 10.5. The molecule has 1 saturated heterocycles. The minimum atomic E-state index is -4.45. The van der Waals surface area contributed by atoms with Crippen LogP contribution in [-0.2, 0) is 18.6 Å². The van der Waals surface area contributed by atoms with Crippen molar-refractivity contribution in [2.45, 2.75) is 36.5 Å². The molecular weight excluding hydrogens is 549 g/mol. The van der Waals surface area contributed by atoms with Crippen LogP contribution in [0.1, 0.15) is 29.8 Å². The van der Waals surface area contributed by atoms with Gasteiger partial charge in [-0.05, 0) is 49.9 Å². The third-order valence-corrected chi connectivity index (χ3v) is 8.75. The second-order valence-corrected chi connectivity index (χ2v) is 11.2. The van der Waals surface area contributed by atoms with Gasteiger partial charge < -0.3 is 13.9 Å². The van der Waals surface area contributed by atoms with Gasteiger partial charge in [0.25, 0.3) is 0 Å². The normalized spacial score (nSPS) is 20.6. The molecule has 0 bridgehead atoms. The number of rotatable bonds is 8. The van der Waals surface area contributed by atoms with E-state index in [1.165, 1.54) is 24.4 Å². The van der Waals surface area contributed by atoms with Gasteiger partial charge in [-0.15, -0.1) is 22.6 Å². The van der Waals surface area contributed by atoms with Crippen molar-refractivity contribution in [2.75, 3.05) is 25.4 Å². The molecule has 0 spiro atoms. The Kier molecular flexibility index (Phi) is 7.51. The summed E-state index contributed by atoms with van der Waals surface area (Å²) in [6, 6.07) is 12.0. The SMILES string of the molecule is Cc1ncoc1-c1nnc(SCCCN2CC3CC3(c3ccc(-c4cccc(C(F)(F)F)n4)cc3)C2)n1C.Cl. The van der Waals surface area contributed by atoms with E-state index in [1.54, 1.807) is 17.8 Å². The number of nitrogens with zero attached hydrogens (tertiary/aromatic N) is 6. The maximum atomic E-state index is 13.0. The van der Waals surface area contributed by atoms with Gasteiger partial charge in [0.2, 0.25) is 5.82 Å². The predicted molar refractivity (Wildman–Crippen MR) is 145 cm³/mol. The van der Waals surface area contributed by atoms with Crippen LogP contribution in [0.2, 0.25) is 0 Å². The zero-order valence-electron chi connectivity index (χ0n) is 21.5.